The number of hydrogen-bond acceptors (Lipinski definition) is 5. The maximum Gasteiger partial charge on any atom is 0.255 e. The van der Waals surface area contributed by atoms with Gasteiger partial charge in [0.25, 0.3) is 5.91 Å². The third-order valence-electron chi connectivity index (χ3n) is 3.48. The van der Waals surface area contributed by atoms with Gasteiger partial charge in [-0.1, -0.05) is 19.1 Å². The number of amides is 1. The van der Waals surface area contributed by atoms with Crippen LogP contribution in [0.25, 0.3) is 0 Å². The average Bonchev–Trinajstić information content (AvgIpc) is 2.57. The van der Waals surface area contributed by atoms with Crippen LogP contribution in [-0.4, -0.2) is 32.3 Å². The molecule has 0 bridgehead atoms. The zero-order valence-corrected chi connectivity index (χ0v) is 14.3. The standard InChI is InChI=1S/C17H19NO5S/c1-3-24(21,22)14-8-9-16(19)15(10-14)18-17(20)13-6-4-12(5-7-13)11-23-2/h4-10,19H,3,11H2,1-2H3,(H,18,20). The third kappa shape index (κ3) is 4.12. The monoisotopic (exact) mass is 349 g/mol. The molecule has 0 spiro atoms. The molecule has 0 aliphatic heterocycles. The highest BCUT2D eigenvalue weighted by Crippen LogP contribution is 2.27. The van der Waals surface area contributed by atoms with Crippen LogP contribution in [0.5, 0.6) is 5.75 Å². The molecule has 24 heavy (non-hydrogen) atoms. The number of methoxy groups -OCH3 is 1. The number of nitrogens with one attached hydrogen (secondary N) is 1. The van der Waals surface area contributed by atoms with Gasteiger partial charge >= 0.3 is 0 Å². The predicted molar refractivity (Wildman–Crippen MR) is 90.9 cm³/mol. The van der Waals surface area contributed by atoms with E-state index in [2.05, 4.69) is 5.32 Å². The summed E-state index contributed by atoms with van der Waals surface area (Å²) < 4.78 is 28.8. The van der Waals surface area contributed by atoms with E-state index in [1.807, 2.05) is 0 Å². The summed E-state index contributed by atoms with van der Waals surface area (Å²) in [5.41, 5.74) is 1.36. The number of aromatic hydroxyl groups is 1. The van der Waals surface area contributed by atoms with Gasteiger partial charge in [0.05, 0.1) is 22.9 Å². The molecule has 0 aliphatic rings. The summed E-state index contributed by atoms with van der Waals surface area (Å²) in [5, 5.41) is 12.4. The molecule has 0 saturated heterocycles. The second-order valence-corrected chi connectivity index (χ2v) is 7.44. The number of phenols is 1. The molecule has 0 radical (unpaired) electrons. The first-order chi connectivity index (χ1) is 11.4. The molecule has 7 heteroatoms. The van der Waals surface area contributed by atoms with Crippen LogP contribution < -0.4 is 5.32 Å². The predicted octanol–water partition coefficient (Wildman–Crippen LogP) is 2.58. The Morgan fingerprint density at radius 3 is 2.42 bits per heavy atom. The van der Waals surface area contributed by atoms with Crippen LogP contribution in [0.4, 0.5) is 5.69 Å². The van der Waals surface area contributed by atoms with Crippen molar-refractivity contribution in [2.45, 2.75) is 18.4 Å². The van der Waals surface area contributed by atoms with Gasteiger partial charge in [0, 0.05) is 12.7 Å². The quantitative estimate of drug-likeness (QED) is 0.782. The zero-order valence-electron chi connectivity index (χ0n) is 13.4. The minimum Gasteiger partial charge on any atom is -0.506 e. The normalized spacial score (nSPS) is 11.2. The number of carbonyl (C=O) groups is 1. The first-order valence-electron chi connectivity index (χ1n) is 7.32. The number of ether oxygens (including phenoxy) is 1. The molecule has 6 nitrogen and oxygen atoms in total. The molecule has 2 rings (SSSR count). The highest BCUT2D eigenvalue weighted by atomic mass is 32.2. The number of benzene rings is 2. The molecule has 0 fully saturated rings. The number of anilines is 1. The fourth-order valence-corrected chi connectivity index (χ4v) is 3.00. The van der Waals surface area contributed by atoms with Crippen molar-refractivity contribution in [3.63, 3.8) is 0 Å². The Hall–Kier alpha value is -2.38. The van der Waals surface area contributed by atoms with E-state index >= 15 is 0 Å². The van der Waals surface area contributed by atoms with Crippen molar-refractivity contribution in [1.82, 2.24) is 0 Å². The Bertz CT molecular complexity index is 829. The molecule has 0 aromatic heterocycles. The van der Waals surface area contributed by atoms with E-state index in [1.165, 1.54) is 25.1 Å². The molecule has 1 amide bonds. The van der Waals surface area contributed by atoms with Crippen molar-refractivity contribution in [1.29, 1.82) is 0 Å². The smallest absolute Gasteiger partial charge is 0.255 e. The van der Waals surface area contributed by atoms with Gasteiger partial charge in [0.2, 0.25) is 0 Å². The maximum absolute atomic E-state index is 12.3. The van der Waals surface area contributed by atoms with Gasteiger partial charge in [0.1, 0.15) is 5.75 Å². The molecule has 0 atom stereocenters. The van der Waals surface area contributed by atoms with E-state index in [4.69, 9.17) is 4.74 Å². The fraction of sp³-hybridized carbons (Fsp3) is 0.235. The maximum atomic E-state index is 12.3. The lowest BCUT2D eigenvalue weighted by Gasteiger charge is -2.10. The summed E-state index contributed by atoms with van der Waals surface area (Å²) in [4.78, 5) is 12.3. The number of carbonyl (C=O) groups excluding carboxylic acids is 1. The molecular formula is C17H19NO5S. The Kier molecular flexibility index (Phi) is 5.58. The zero-order chi connectivity index (χ0) is 17.7. The van der Waals surface area contributed by atoms with Crippen LogP contribution in [0.1, 0.15) is 22.8 Å². The van der Waals surface area contributed by atoms with E-state index in [0.29, 0.717) is 12.2 Å². The van der Waals surface area contributed by atoms with Gasteiger partial charge in [0.15, 0.2) is 9.84 Å². The van der Waals surface area contributed by atoms with Gasteiger partial charge in [-0.05, 0) is 35.9 Å². The largest absolute Gasteiger partial charge is 0.506 e. The van der Waals surface area contributed by atoms with E-state index in [-0.39, 0.29) is 22.1 Å². The Morgan fingerprint density at radius 2 is 1.83 bits per heavy atom. The van der Waals surface area contributed by atoms with Crippen molar-refractivity contribution in [3.05, 3.63) is 53.6 Å². The van der Waals surface area contributed by atoms with Gasteiger partial charge in [-0.15, -0.1) is 0 Å². The lowest BCUT2D eigenvalue weighted by atomic mass is 10.1. The Labute approximate surface area is 141 Å². The summed E-state index contributed by atoms with van der Waals surface area (Å²) in [6.07, 6.45) is 0. The third-order valence-corrected chi connectivity index (χ3v) is 5.21. The van der Waals surface area contributed by atoms with Crippen LogP contribution in [0, 0.1) is 0 Å². The minimum atomic E-state index is -3.43. The van der Waals surface area contributed by atoms with E-state index in [0.717, 1.165) is 5.56 Å². The second-order valence-electron chi connectivity index (χ2n) is 5.17. The Balaban J connectivity index is 2.23. The van der Waals surface area contributed by atoms with Crippen LogP contribution in [-0.2, 0) is 21.2 Å². The lowest BCUT2D eigenvalue weighted by Crippen LogP contribution is -2.13. The van der Waals surface area contributed by atoms with E-state index in [9.17, 15) is 18.3 Å². The lowest BCUT2D eigenvalue weighted by molar-refractivity contribution is 0.102. The van der Waals surface area contributed by atoms with Crippen LogP contribution in [0.2, 0.25) is 0 Å². The number of sulfone groups is 1. The summed E-state index contributed by atoms with van der Waals surface area (Å²) in [6.45, 7) is 1.97. The summed E-state index contributed by atoms with van der Waals surface area (Å²) in [6, 6.07) is 10.6. The van der Waals surface area contributed by atoms with Crippen molar-refractivity contribution in [2.24, 2.45) is 0 Å². The van der Waals surface area contributed by atoms with Crippen molar-refractivity contribution < 1.29 is 23.1 Å². The highest BCUT2D eigenvalue weighted by Gasteiger charge is 2.16. The molecule has 2 N–H and O–H groups in total. The molecule has 128 valence electrons. The molecule has 0 unspecified atom stereocenters. The number of hydrogen-bond donors (Lipinski definition) is 2. The summed E-state index contributed by atoms with van der Waals surface area (Å²) in [7, 11) is -1.84. The molecule has 0 saturated carbocycles. The summed E-state index contributed by atoms with van der Waals surface area (Å²) in [5.74, 6) is -0.707. The van der Waals surface area contributed by atoms with Gasteiger partial charge < -0.3 is 15.2 Å². The minimum absolute atomic E-state index is 0.0496. The van der Waals surface area contributed by atoms with E-state index in [1.54, 1.807) is 31.4 Å². The van der Waals surface area contributed by atoms with Gasteiger partial charge in [-0.25, -0.2) is 8.42 Å². The molecule has 0 aliphatic carbocycles. The van der Waals surface area contributed by atoms with Gasteiger partial charge in [-0.2, -0.15) is 0 Å². The van der Waals surface area contributed by atoms with Crippen molar-refractivity contribution >= 4 is 21.4 Å². The number of phenolic OH excluding ortho intramolecular Hbond substituents is 1. The second kappa shape index (κ2) is 7.46. The van der Waals surface area contributed by atoms with Crippen molar-refractivity contribution in [3.8, 4) is 5.75 Å². The molecule has 2 aromatic carbocycles. The first-order valence-corrected chi connectivity index (χ1v) is 8.97. The van der Waals surface area contributed by atoms with Crippen molar-refractivity contribution in [2.75, 3.05) is 18.2 Å². The SMILES string of the molecule is CCS(=O)(=O)c1ccc(O)c(NC(=O)c2ccc(COC)cc2)c1. The average molecular weight is 349 g/mol. The molecule has 0 heterocycles. The summed E-state index contributed by atoms with van der Waals surface area (Å²) >= 11 is 0. The number of rotatable bonds is 6. The van der Waals surface area contributed by atoms with Crippen LogP contribution in [0.3, 0.4) is 0 Å². The van der Waals surface area contributed by atoms with Crippen LogP contribution >= 0.6 is 0 Å². The van der Waals surface area contributed by atoms with Gasteiger partial charge in [-0.3, -0.25) is 4.79 Å². The molecular weight excluding hydrogens is 330 g/mol. The fourth-order valence-electron chi connectivity index (χ4n) is 2.09. The highest BCUT2D eigenvalue weighted by molar-refractivity contribution is 7.91. The Morgan fingerprint density at radius 1 is 1.17 bits per heavy atom. The first kappa shape index (κ1) is 18.0. The van der Waals surface area contributed by atoms with E-state index < -0.39 is 15.7 Å². The topological polar surface area (TPSA) is 92.7 Å². The van der Waals surface area contributed by atoms with Crippen LogP contribution in [0.15, 0.2) is 47.4 Å². The molecule has 2 aromatic rings.